The number of hydrogen-bond donors (Lipinski definition) is 4. The number of carboxylic acid groups (broad SMARTS) is 1. The fraction of sp³-hybridized carbons (Fsp3) is 0.500. The zero-order chi connectivity index (χ0) is 21.6. The summed E-state index contributed by atoms with van der Waals surface area (Å²) in [5.41, 5.74) is 12.6. The number of likely N-dealkylation sites (tertiary alicyclic amines) is 1. The van der Waals surface area contributed by atoms with Crippen LogP contribution in [0.2, 0.25) is 0 Å². The first kappa shape index (κ1) is 22.1. The molecule has 0 saturated carbocycles. The number of aliphatic imine (C=N–C) groups is 1. The second-order valence-corrected chi connectivity index (χ2v) is 7.22. The van der Waals surface area contributed by atoms with E-state index in [0.29, 0.717) is 18.1 Å². The van der Waals surface area contributed by atoms with Gasteiger partial charge in [0.25, 0.3) is 5.91 Å². The Kier molecular flexibility index (Phi) is 7.47. The van der Waals surface area contributed by atoms with Gasteiger partial charge in [-0.3, -0.25) is 19.8 Å². The van der Waals surface area contributed by atoms with E-state index < -0.39 is 30.2 Å². The molecule has 13 heteroatoms. The third-order valence-corrected chi connectivity index (χ3v) is 4.92. The Bertz CT molecular complexity index is 814. The number of nitrogens with two attached hydrogens (primary N) is 2. The highest BCUT2D eigenvalue weighted by molar-refractivity contribution is 7.13. The van der Waals surface area contributed by atoms with Gasteiger partial charge in [0.2, 0.25) is 16.9 Å². The van der Waals surface area contributed by atoms with Crippen LogP contribution in [-0.2, 0) is 14.4 Å². The minimum Gasteiger partial charge on any atom is -0.480 e. The Labute approximate surface area is 170 Å². The molecule has 1 aromatic rings. The lowest BCUT2D eigenvalue weighted by Gasteiger charge is -2.31. The van der Waals surface area contributed by atoms with Crippen LogP contribution in [0.3, 0.4) is 0 Å². The number of carboxylic acids is 1. The zero-order valence-electron chi connectivity index (χ0n) is 15.8. The maximum Gasteiger partial charge on any atom is 0.329 e. The van der Waals surface area contributed by atoms with E-state index in [2.05, 4.69) is 15.4 Å². The smallest absolute Gasteiger partial charge is 0.329 e. The molecule has 6 N–H and O–H groups in total. The molecule has 1 aliphatic rings. The summed E-state index contributed by atoms with van der Waals surface area (Å²) in [6.07, 6.45) is 2.25. The second kappa shape index (κ2) is 9.82. The van der Waals surface area contributed by atoms with Gasteiger partial charge in [-0.05, 0) is 19.3 Å². The van der Waals surface area contributed by atoms with Crippen LogP contribution in [0.15, 0.2) is 10.4 Å². The van der Waals surface area contributed by atoms with Crippen molar-refractivity contribution in [3.8, 4) is 0 Å². The van der Waals surface area contributed by atoms with E-state index >= 15 is 0 Å². The molecule has 0 spiro atoms. The van der Waals surface area contributed by atoms with E-state index in [1.54, 1.807) is 4.90 Å². The van der Waals surface area contributed by atoms with E-state index in [9.17, 15) is 24.3 Å². The second-order valence-electron chi connectivity index (χ2n) is 6.38. The van der Waals surface area contributed by atoms with E-state index in [1.807, 2.05) is 0 Å². The molecule has 0 bridgehead atoms. The summed E-state index contributed by atoms with van der Waals surface area (Å²) >= 11 is 0.986. The average Bonchev–Trinajstić information content (AvgIpc) is 3.12. The highest BCUT2D eigenvalue weighted by Gasteiger charge is 2.34. The molecule has 1 atom stereocenters. The minimum atomic E-state index is -1.55. The van der Waals surface area contributed by atoms with Crippen LogP contribution >= 0.6 is 11.3 Å². The molecule has 0 radical (unpaired) electrons. The lowest BCUT2D eigenvalue weighted by Crippen LogP contribution is -2.55. The Morgan fingerprint density at radius 1 is 1.31 bits per heavy atom. The number of nitrogens with zero attached hydrogens (tertiary/aromatic N) is 4. The molecule has 1 saturated heterocycles. The maximum absolute atomic E-state index is 12.5. The fourth-order valence-electron chi connectivity index (χ4n) is 2.80. The molecule has 12 nitrogen and oxygen atoms in total. The van der Waals surface area contributed by atoms with Crippen molar-refractivity contribution in [2.24, 2.45) is 16.5 Å². The van der Waals surface area contributed by atoms with Gasteiger partial charge in [0, 0.05) is 25.4 Å². The van der Waals surface area contributed by atoms with Crippen LogP contribution in [0, 0.1) is 0 Å². The summed E-state index contributed by atoms with van der Waals surface area (Å²) in [6, 6.07) is -1.55. The number of aliphatic carboxylic acids is 1. The topological polar surface area (TPSA) is 184 Å². The van der Waals surface area contributed by atoms with Crippen molar-refractivity contribution in [2.45, 2.75) is 38.6 Å². The summed E-state index contributed by atoms with van der Waals surface area (Å²) in [4.78, 5) is 57.8. The number of rotatable bonds is 6. The molecule has 3 amide bonds. The van der Waals surface area contributed by atoms with Crippen molar-refractivity contribution in [3.63, 3.8) is 0 Å². The summed E-state index contributed by atoms with van der Waals surface area (Å²) in [5.74, 6) is -3.60. The first-order valence-electron chi connectivity index (χ1n) is 8.85. The maximum atomic E-state index is 12.5. The minimum absolute atomic E-state index is 0.104. The van der Waals surface area contributed by atoms with Crippen LogP contribution in [0.1, 0.15) is 43.1 Å². The number of carbonyl (C=O) groups is 4. The molecular weight excluding hydrogens is 402 g/mol. The molecule has 2 rings (SSSR count). The van der Waals surface area contributed by atoms with Crippen LogP contribution < -0.4 is 16.9 Å². The van der Waals surface area contributed by atoms with Gasteiger partial charge in [0.05, 0.1) is 6.42 Å². The highest BCUT2D eigenvalue weighted by atomic mass is 32.1. The van der Waals surface area contributed by atoms with Gasteiger partial charge >= 0.3 is 5.97 Å². The highest BCUT2D eigenvalue weighted by Crippen LogP contribution is 2.19. The van der Waals surface area contributed by atoms with Crippen molar-refractivity contribution < 1.29 is 24.3 Å². The van der Waals surface area contributed by atoms with Gasteiger partial charge in [0.1, 0.15) is 5.69 Å². The van der Waals surface area contributed by atoms with Gasteiger partial charge in [-0.25, -0.2) is 14.8 Å². The number of piperidine rings is 1. The molecular formula is C16H23N7O5S. The summed E-state index contributed by atoms with van der Waals surface area (Å²) < 4.78 is 0. The number of guanidine groups is 1. The number of thiazole rings is 1. The number of carbonyl (C=O) groups excluding carboxylic acids is 3. The van der Waals surface area contributed by atoms with E-state index in [1.165, 1.54) is 5.38 Å². The summed E-state index contributed by atoms with van der Waals surface area (Å²) in [6.45, 7) is 2.18. The van der Waals surface area contributed by atoms with Gasteiger partial charge in [-0.15, -0.1) is 11.3 Å². The van der Waals surface area contributed by atoms with Crippen LogP contribution in [-0.4, -0.2) is 68.8 Å². The van der Waals surface area contributed by atoms with Gasteiger partial charge in [0.15, 0.2) is 12.0 Å². The number of hydrogen-bond acceptors (Lipinski definition) is 7. The molecule has 1 aliphatic heterocycles. The van der Waals surface area contributed by atoms with E-state index in [0.717, 1.165) is 37.5 Å². The number of amides is 3. The van der Waals surface area contributed by atoms with Crippen molar-refractivity contribution in [3.05, 3.63) is 11.1 Å². The first-order chi connectivity index (χ1) is 13.7. The predicted molar refractivity (Wildman–Crippen MR) is 104 cm³/mol. The molecule has 0 unspecified atom stereocenters. The average molecular weight is 425 g/mol. The third-order valence-electron chi connectivity index (χ3n) is 4.18. The van der Waals surface area contributed by atoms with Crippen molar-refractivity contribution in [1.29, 1.82) is 0 Å². The van der Waals surface area contributed by atoms with Crippen LogP contribution in [0.4, 0.5) is 5.13 Å². The lowest BCUT2D eigenvalue weighted by molar-refractivity contribution is -0.154. The molecule has 1 aromatic heterocycles. The quantitative estimate of drug-likeness (QED) is 0.264. The molecule has 29 heavy (non-hydrogen) atoms. The molecule has 1 fully saturated rings. The van der Waals surface area contributed by atoms with Gasteiger partial charge in [-0.1, -0.05) is 0 Å². The number of aromatic nitrogens is 1. The van der Waals surface area contributed by atoms with Crippen molar-refractivity contribution >= 4 is 46.1 Å². The van der Waals surface area contributed by atoms with Crippen molar-refractivity contribution in [2.75, 3.05) is 13.1 Å². The summed E-state index contributed by atoms with van der Waals surface area (Å²) in [7, 11) is 0. The molecule has 158 valence electrons. The Morgan fingerprint density at radius 3 is 2.52 bits per heavy atom. The molecule has 0 aromatic carbocycles. The van der Waals surface area contributed by atoms with Gasteiger partial charge in [-0.2, -0.15) is 4.99 Å². The Morgan fingerprint density at radius 2 is 1.97 bits per heavy atom. The number of nitrogens with one attached hydrogen (secondary N) is 1. The third kappa shape index (κ3) is 6.14. The molecule has 2 heterocycles. The standard InChI is InChI=1S/C16H23N7O5S/c1-9(24)23(21-13(26)10-8-29-16(19-10)20-15(17)18)11(14(27)28)7-12(25)22-5-3-2-4-6-22/h8,11H,2-7H2,1H3,(H,21,26)(H,27,28)(H4,17,18,19,20)/t11-/m0/s1. The van der Waals surface area contributed by atoms with E-state index in [4.69, 9.17) is 11.5 Å². The fourth-order valence-corrected chi connectivity index (χ4v) is 3.49. The van der Waals surface area contributed by atoms with Crippen LogP contribution in [0.25, 0.3) is 0 Å². The van der Waals surface area contributed by atoms with Crippen molar-refractivity contribution in [1.82, 2.24) is 20.3 Å². The van der Waals surface area contributed by atoms with Gasteiger partial charge < -0.3 is 21.5 Å². The predicted octanol–water partition coefficient (Wildman–Crippen LogP) is -0.603. The normalized spacial score (nSPS) is 14.6. The number of hydrazine groups is 1. The molecule has 0 aliphatic carbocycles. The first-order valence-corrected chi connectivity index (χ1v) is 9.73. The SMILES string of the molecule is CC(=O)N(NC(=O)c1csc(N=C(N)N)n1)[C@@H](CC(=O)N1CCCCC1)C(=O)O. The lowest BCUT2D eigenvalue weighted by atomic mass is 10.1. The largest absolute Gasteiger partial charge is 0.480 e. The Balaban J connectivity index is 2.13. The zero-order valence-corrected chi connectivity index (χ0v) is 16.6. The van der Waals surface area contributed by atoms with E-state index in [-0.39, 0.29) is 22.7 Å². The monoisotopic (exact) mass is 425 g/mol. The Hall–Kier alpha value is -3.22. The van der Waals surface area contributed by atoms with Crippen LogP contribution in [0.5, 0.6) is 0 Å². The summed E-state index contributed by atoms with van der Waals surface area (Å²) in [5, 5.41) is 11.7.